The van der Waals surface area contributed by atoms with Gasteiger partial charge in [-0.25, -0.2) is 9.59 Å². The van der Waals surface area contributed by atoms with Crippen LogP contribution in [-0.2, 0) is 70.5 Å². The normalized spacial score (nSPS) is 13.4. The van der Waals surface area contributed by atoms with E-state index in [-0.39, 0.29) is 78.0 Å². The number of carbonyl (C=O) groups excluding carboxylic acids is 7. The van der Waals surface area contributed by atoms with Crippen molar-refractivity contribution in [3.05, 3.63) is 97.1 Å². The van der Waals surface area contributed by atoms with E-state index in [1.54, 1.807) is 60.7 Å². The fraction of sp³-hybridized carbons (Fsp3) is 0.444. The smallest absolute Gasteiger partial charge is 0.408 e. The van der Waals surface area contributed by atoms with E-state index in [2.05, 4.69) is 34.4 Å². The van der Waals surface area contributed by atoms with Gasteiger partial charge >= 0.3 is 35.9 Å². The second kappa shape index (κ2) is 29.3. The number of esters is 3. The molecule has 360 valence electrons. The molecule has 2 aromatic carbocycles. The summed E-state index contributed by atoms with van der Waals surface area (Å²) in [7, 11) is 0. The van der Waals surface area contributed by atoms with Gasteiger partial charge in [0.1, 0.15) is 38.5 Å². The summed E-state index contributed by atoms with van der Waals surface area (Å²) in [6.07, 6.45) is -2.24. The number of unbranched alkanes of at least 4 members (excludes halogenated alkanes) is 2. The van der Waals surface area contributed by atoms with Gasteiger partial charge in [-0.1, -0.05) is 86.0 Å². The highest BCUT2D eigenvalue weighted by Gasteiger charge is 2.42. The first kappa shape index (κ1) is 55.0. The SMILES string of the molecule is C=CCOC(=O)CC(O)(CC(=O)O)C(=O)NCCCC[C@H](NC(=O)OCc1ccccc1)C(=O)N[C@@H](CCCCNC(=O)C(O)(CC(=O)O)CC(=O)OCC=C)C(=O)OCc1ccccc1. The Morgan fingerprint density at radius 2 is 0.985 bits per heavy atom. The highest BCUT2D eigenvalue weighted by molar-refractivity contribution is 5.94. The fourth-order valence-electron chi connectivity index (χ4n) is 6.04. The number of benzene rings is 2. The summed E-state index contributed by atoms with van der Waals surface area (Å²) in [5.41, 5.74) is -3.99. The zero-order valence-corrected chi connectivity index (χ0v) is 36.4. The monoisotopic (exact) mass is 926 g/mol. The van der Waals surface area contributed by atoms with Crippen molar-refractivity contribution < 1.29 is 82.5 Å². The number of nitrogens with one attached hydrogen (secondary N) is 4. The van der Waals surface area contributed by atoms with Gasteiger partial charge in [-0.2, -0.15) is 0 Å². The molecule has 0 radical (unpaired) electrons. The Kier molecular flexibility index (Phi) is 24.5. The van der Waals surface area contributed by atoms with Gasteiger partial charge in [0.25, 0.3) is 11.8 Å². The lowest BCUT2D eigenvalue weighted by Gasteiger charge is -2.25. The molecule has 0 fully saturated rings. The molecule has 0 aliphatic carbocycles. The van der Waals surface area contributed by atoms with E-state index in [0.717, 1.165) is 0 Å². The molecule has 21 nitrogen and oxygen atoms in total. The van der Waals surface area contributed by atoms with Gasteiger partial charge in [0.2, 0.25) is 5.91 Å². The highest BCUT2D eigenvalue weighted by atomic mass is 16.6. The summed E-state index contributed by atoms with van der Waals surface area (Å²) in [4.78, 5) is 113. The molecular formula is C45H58N4O17. The number of hydrogen-bond acceptors (Lipinski definition) is 15. The quantitative estimate of drug-likeness (QED) is 0.0224. The third kappa shape index (κ3) is 21.5. The third-order valence-electron chi connectivity index (χ3n) is 9.39. The molecule has 0 aliphatic rings. The molecule has 0 aliphatic heterocycles. The first-order valence-corrected chi connectivity index (χ1v) is 20.9. The van der Waals surface area contributed by atoms with Crippen LogP contribution >= 0.6 is 0 Å². The summed E-state index contributed by atoms with van der Waals surface area (Å²) in [5, 5.41) is 50.0. The number of rotatable bonds is 32. The van der Waals surface area contributed by atoms with Crippen molar-refractivity contribution in [3.63, 3.8) is 0 Å². The van der Waals surface area contributed by atoms with Gasteiger partial charge in [-0.05, 0) is 49.7 Å². The van der Waals surface area contributed by atoms with Crippen LogP contribution < -0.4 is 21.3 Å². The number of ether oxygens (including phenoxy) is 4. The standard InChI is InChI=1S/C45H58N4O17/c1-3-23-63-37(54)27-44(61,25-35(50)51)41(58)46-21-13-11-19-33(49-43(60)66-30-32-17-9-6-10-18-32)39(56)48-34(40(57)65-29-31-15-7-5-8-16-31)20-12-14-22-47-42(59)45(62,26-36(52)53)28-38(55)64-24-4-2/h3-10,15-18,33-34,61-62H,1-2,11-14,19-30H2,(H,46,58)(H,47,59)(H,48,56)(H,49,60)(H,50,51)(H,52,53)/t33-,34-,44?,45?/m0/s1. The van der Waals surface area contributed by atoms with Crippen LogP contribution in [0.4, 0.5) is 4.79 Å². The first-order chi connectivity index (χ1) is 31.4. The predicted molar refractivity (Wildman–Crippen MR) is 231 cm³/mol. The van der Waals surface area contributed by atoms with E-state index in [1.165, 1.54) is 12.2 Å². The average molecular weight is 927 g/mol. The number of hydrogen-bond donors (Lipinski definition) is 8. The van der Waals surface area contributed by atoms with Gasteiger partial charge in [0.05, 0.1) is 25.7 Å². The van der Waals surface area contributed by atoms with E-state index in [0.29, 0.717) is 11.1 Å². The molecule has 2 aromatic rings. The predicted octanol–water partition coefficient (Wildman–Crippen LogP) is 1.73. The Morgan fingerprint density at radius 3 is 1.41 bits per heavy atom. The Morgan fingerprint density at radius 1 is 0.561 bits per heavy atom. The minimum Gasteiger partial charge on any atom is -0.481 e. The Balaban J connectivity index is 2.19. The minimum atomic E-state index is -2.64. The van der Waals surface area contributed by atoms with Crippen LogP contribution in [-0.4, -0.2) is 124 Å². The molecule has 0 aromatic heterocycles. The number of carboxylic acids is 2. The van der Waals surface area contributed by atoms with Crippen LogP contribution in [0.1, 0.15) is 75.3 Å². The molecule has 0 bridgehead atoms. The van der Waals surface area contributed by atoms with Crippen molar-refractivity contribution in [2.75, 3.05) is 26.3 Å². The lowest BCUT2D eigenvalue weighted by atomic mass is 9.94. The molecule has 21 heteroatoms. The lowest BCUT2D eigenvalue weighted by molar-refractivity contribution is -0.161. The average Bonchev–Trinajstić information content (AvgIpc) is 3.27. The van der Waals surface area contributed by atoms with E-state index >= 15 is 0 Å². The van der Waals surface area contributed by atoms with Crippen LogP contribution in [0.3, 0.4) is 0 Å². The Hall–Kier alpha value is -7.13. The molecule has 0 heterocycles. The maximum absolute atomic E-state index is 13.9. The first-order valence-electron chi connectivity index (χ1n) is 20.9. The van der Waals surface area contributed by atoms with Crippen LogP contribution in [0.25, 0.3) is 0 Å². The molecule has 2 rings (SSSR count). The van der Waals surface area contributed by atoms with Gasteiger partial charge in [-0.3, -0.25) is 33.6 Å². The molecular weight excluding hydrogens is 869 g/mol. The van der Waals surface area contributed by atoms with Gasteiger partial charge < -0.3 is 60.6 Å². The highest BCUT2D eigenvalue weighted by Crippen LogP contribution is 2.19. The van der Waals surface area contributed by atoms with E-state index in [4.69, 9.17) is 18.9 Å². The molecule has 0 saturated heterocycles. The number of amides is 4. The van der Waals surface area contributed by atoms with Crippen LogP contribution in [0.2, 0.25) is 0 Å². The van der Waals surface area contributed by atoms with Crippen molar-refractivity contribution in [1.82, 2.24) is 21.3 Å². The van der Waals surface area contributed by atoms with Crippen molar-refractivity contribution in [3.8, 4) is 0 Å². The summed E-state index contributed by atoms with van der Waals surface area (Å²) in [5.74, 6) is -9.17. The number of carbonyl (C=O) groups is 9. The van der Waals surface area contributed by atoms with Crippen molar-refractivity contribution in [2.45, 2.75) is 101 Å². The minimum absolute atomic E-state index is 0.0693. The van der Waals surface area contributed by atoms with Gasteiger partial charge in [-0.15, -0.1) is 0 Å². The molecule has 0 saturated carbocycles. The molecule has 0 spiro atoms. The van der Waals surface area contributed by atoms with Crippen LogP contribution in [0.5, 0.6) is 0 Å². The largest absolute Gasteiger partial charge is 0.481 e. The number of alkyl carbamates (subject to hydrolysis) is 1. The maximum Gasteiger partial charge on any atom is 0.408 e. The van der Waals surface area contributed by atoms with E-state index < -0.39 is 103 Å². The molecule has 2 unspecified atom stereocenters. The Labute approximate surface area is 380 Å². The number of aliphatic hydroxyl groups is 2. The topological polar surface area (TPSA) is 320 Å². The van der Waals surface area contributed by atoms with E-state index in [1.807, 2.05) is 0 Å². The second-order valence-corrected chi connectivity index (χ2v) is 14.9. The van der Waals surface area contributed by atoms with Crippen LogP contribution in [0.15, 0.2) is 86.0 Å². The summed E-state index contributed by atoms with van der Waals surface area (Å²) >= 11 is 0. The zero-order valence-electron chi connectivity index (χ0n) is 36.4. The van der Waals surface area contributed by atoms with Crippen molar-refractivity contribution >= 4 is 53.7 Å². The van der Waals surface area contributed by atoms with Crippen LogP contribution in [0, 0.1) is 0 Å². The summed E-state index contributed by atoms with van der Waals surface area (Å²) < 4.78 is 20.4. The second-order valence-electron chi connectivity index (χ2n) is 14.9. The van der Waals surface area contributed by atoms with Gasteiger partial charge in [0, 0.05) is 13.1 Å². The van der Waals surface area contributed by atoms with Gasteiger partial charge in [0.15, 0.2) is 11.2 Å². The third-order valence-corrected chi connectivity index (χ3v) is 9.39. The fourth-order valence-corrected chi connectivity index (χ4v) is 6.04. The molecule has 66 heavy (non-hydrogen) atoms. The Bertz CT molecular complexity index is 1960. The molecule has 8 N–H and O–H groups in total. The number of carboxylic acid groups (broad SMARTS) is 2. The lowest BCUT2D eigenvalue weighted by Crippen LogP contribution is -2.52. The molecule has 4 atom stereocenters. The maximum atomic E-state index is 13.9. The van der Waals surface area contributed by atoms with Crippen molar-refractivity contribution in [2.24, 2.45) is 0 Å². The zero-order chi connectivity index (χ0) is 49.0. The summed E-state index contributed by atoms with van der Waals surface area (Å²) in [6, 6.07) is 14.7. The number of aliphatic carboxylic acids is 2. The molecule has 4 amide bonds. The summed E-state index contributed by atoms with van der Waals surface area (Å²) in [6.45, 7) is 5.70. The van der Waals surface area contributed by atoms with Crippen molar-refractivity contribution in [1.29, 1.82) is 0 Å². The van der Waals surface area contributed by atoms with E-state index in [9.17, 15) is 63.6 Å².